The summed E-state index contributed by atoms with van der Waals surface area (Å²) in [6, 6.07) is 13.2. The Morgan fingerprint density at radius 1 is 1.27 bits per heavy atom. The Balaban J connectivity index is 1.93. The molecule has 0 radical (unpaired) electrons. The summed E-state index contributed by atoms with van der Waals surface area (Å²) < 4.78 is 18.3. The molecule has 0 fully saturated rings. The van der Waals surface area contributed by atoms with Crippen molar-refractivity contribution in [1.82, 2.24) is 0 Å². The van der Waals surface area contributed by atoms with Crippen molar-refractivity contribution in [2.75, 3.05) is 17.7 Å². The first-order valence-corrected chi connectivity index (χ1v) is 7.68. The van der Waals surface area contributed by atoms with Crippen LogP contribution in [-0.2, 0) is 4.79 Å². The van der Waals surface area contributed by atoms with Gasteiger partial charge in [-0.1, -0.05) is 24.3 Å². The topological polar surface area (TPSA) is 38.3 Å². The van der Waals surface area contributed by atoms with Gasteiger partial charge in [-0.2, -0.15) is 0 Å². The number of anilines is 1. The number of nitrogens with one attached hydrogen (secondary N) is 1. The zero-order valence-electron chi connectivity index (χ0n) is 11.9. The van der Waals surface area contributed by atoms with Crippen LogP contribution in [0.15, 0.2) is 66.1 Å². The average molecular weight is 317 g/mol. The first-order chi connectivity index (χ1) is 10.7. The Hall–Kier alpha value is -2.27. The van der Waals surface area contributed by atoms with E-state index in [9.17, 15) is 9.18 Å². The Kier molecular flexibility index (Phi) is 6.03. The van der Waals surface area contributed by atoms with Gasteiger partial charge >= 0.3 is 0 Å². The predicted molar refractivity (Wildman–Crippen MR) is 87.9 cm³/mol. The zero-order chi connectivity index (χ0) is 15.8. The fourth-order valence-corrected chi connectivity index (χ4v) is 2.48. The van der Waals surface area contributed by atoms with Gasteiger partial charge in [0.1, 0.15) is 11.6 Å². The second-order valence-electron chi connectivity index (χ2n) is 4.39. The summed E-state index contributed by atoms with van der Waals surface area (Å²) in [5.74, 6) is 0.386. The number of carbonyl (C=O) groups is 1. The van der Waals surface area contributed by atoms with Gasteiger partial charge in [0.2, 0.25) is 0 Å². The summed E-state index contributed by atoms with van der Waals surface area (Å²) in [6.07, 6.45) is 1.80. The normalized spacial score (nSPS) is 10.0. The van der Waals surface area contributed by atoms with E-state index in [1.165, 1.54) is 18.2 Å². The molecule has 2 aromatic rings. The maximum absolute atomic E-state index is 13.0. The smallest absolute Gasteiger partial charge is 0.262 e. The van der Waals surface area contributed by atoms with Crippen molar-refractivity contribution >= 4 is 23.4 Å². The van der Waals surface area contributed by atoms with Crippen LogP contribution in [0.2, 0.25) is 0 Å². The highest BCUT2D eigenvalue weighted by molar-refractivity contribution is 7.99. The monoisotopic (exact) mass is 317 g/mol. The van der Waals surface area contributed by atoms with Crippen molar-refractivity contribution in [1.29, 1.82) is 0 Å². The number of rotatable bonds is 7. The molecule has 0 heterocycles. The fourth-order valence-electron chi connectivity index (χ4n) is 1.74. The molecule has 1 amide bonds. The lowest BCUT2D eigenvalue weighted by Gasteiger charge is -2.11. The second kappa shape index (κ2) is 8.24. The lowest BCUT2D eigenvalue weighted by atomic mass is 10.3. The second-order valence-corrected chi connectivity index (χ2v) is 5.45. The van der Waals surface area contributed by atoms with Crippen molar-refractivity contribution in [3.63, 3.8) is 0 Å². The van der Waals surface area contributed by atoms with E-state index in [4.69, 9.17) is 4.74 Å². The van der Waals surface area contributed by atoms with E-state index < -0.39 is 5.82 Å². The Bertz CT molecular complexity index is 661. The van der Waals surface area contributed by atoms with Crippen molar-refractivity contribution < 1.29 is 13.9 Å². The van der Waals surface area contributed by atoms with E-state index in [-0.39, 0.29) is 12.5 Å². The number of para-hydroxylation sites is 1. The molecular formula is C17H16FNO2S. The molecule has 0 aliphatic heterocycles. The zero-order valence-corrected chi connectivity index (χ0v) is 12.7. The highest BCUT2D eigenvalue weighted by Gasteiger charge is 2.07. The van der Waals surface area contributed by atoms with Crippen molar-refractivity contribution in [2.24, 2.45) is 0 Å². The van der Waals surface area contributed by atoms with Gasteiger partial charge < -0.3 is 10.1 Å². The van der Waals surface area contributed by atoms with Gasteiger partial charge in [0.25, 0.3) is 5.91 Å². The summed E-state index contributed by atoms with van der Waals surface area (Å²) in [5, 5.41) is 2.79. The lowest BCUT2D eigenvalue weighted by Crippen LogP contribution is -2.20. The number of amides is 1. The van der Waals surface area contributed by atoms with E-state index in [2.05, 4.69) is 11.9 Å². The number of benzene rings is 2. The largest absolute Gasteiger partial charge is 0.484 e. The molecule has 3 nitrogen and oxygen atoms in total. The summed E-state index contributed by atoms with van der Waals surface area (Å²) >= 11 is 1.58. The van der Waals surface area contributed by atoms with Crippen LogP contribution in [0.25, 0.3) is 0 Å². The Morgan fingerprint density at radius 2 is 2.09 bits per heavy atom. The van der Waals surface area contributed by atoms with Crippen molar-refractivity contribution in [2.45, 2.75) is 4.90 Å². The third-order valence-electron chi connectivity index (χ3n) is 2.68. The molecule has 0 aliphatic rings. The van der Waals surface area contributed by atoms with Crippen molar-refractivity contribution in [3.8, 4) is 5.75 Å². The molecule has 114 valence electrons. The molecule has 0 spiro atoms. The third-order valence-corrected chi connectivity index (χ3v) is 3.75. The summed E-state index contributed by atoms with van der Waals surface area (Å²) in [5.41, 5.74) is 0.724. The van der Waals surface area contributed by atoms with Crippen molar-refractivity contribution in [3.05, 3.63) is 67.0 Å². The van der Waals surface area contributed by atoms with Gasteiger partial charge in [-0.3, -0.25) is 4.79 Å². The summed E-state index contributed by atoms with van der Waals surface area (Å²) in [7, 11) is 0. The standard InChI is InChI=1S/C17H16FNO2S/c1-2-10-22-16-9-4-3-8-15(16)19-17(20)12-21-14-7-5-6-13(18)11-14/h2-9,11H,1,10,12H2,(H,19,20). The summed E-state index contributed by atoms with van der Waals surface area (Å²) in [4.78, 5) is 12.9. The number of hydrogen-bond acceptors (Lipinski definition) is 3. The highest BCUT2D eigenvalue weighted by atomic mass is 32.2. The number of ether oxygens (including phenoxy) is 1. The van der Waals surface area contributed by atoms with Gasteiger partial charge in [-0.25, -0.2) is 4.39 Å². The van der Waals surface area contributed by atoms with Gasteiger partial charge in [0.05, 0.1) is 5.69 Å². The minimum atomic E-state index is -0.399. The maximum atomic E-state index is 13.0. The fraction of sp³-hybridized carbons (Fsp3) is 0.118. The molecule has 0 aromatic heterocycles. The Labute approximate surface area is 133 Å². The molecule has 0 atom stereocenters. The van der Waals surface area contributed by atoms with Gasteiger partial charge in [-0.15, -0.1) is 18.3 Å². The molecule has 0 saturated carbocycles. The molecule has 5 heteroatoms. The van der Waals surface area contributed by atoms with Crippen LogP contribution >= 0.6 is 11.8 Å². The van der Waals surface area contributed by atoms with E-state index in [0.29, 0.717) is 5.75 Å². The lowest BCUT2D eigenvalue weighted by molar-refractivity contribution is -0.118. The van der Waals surface area contributed by atoms with E-state index in [0.717, 1.165) is 16.3 Å². The number of carbonyl (C=O) groups excluding carboxylic acids is 1. The predicted octanol–water partition coefficient (Wildman–Crippen LogP) is 4.12. The minimum absolute atomic E-state index is 0.177. The molecule has 2 aromatic carbocycles. The molecule has 0 saturated heterocycles. The quantitative estimate of drug-likeness (QED) is 0.616. The molecule has 1 N–H and O–H groups in total. The minimum Gasteiger partial charge on any atom is -0.484 e. The van der Waals surface area contributed by atoms with Crippen LogP contribution in [0.4, 0.5) is 10.1 Å². The number of hydrogen-bond donors (Lipinski definition) is 1. The Morgan fingerprint density at radius 3 is 2.86 bits per heavy atom. The first kappa shape index (κ1) is 16.1. The van der Waals surface area contributed by atoms with Crippen LogP contribution in [0.1, 0.15) is 0 Å². The van der Waals surface area contributed by atoms with Crippen LogP contribution in [0.5, 0.6) is 5.75 Å². The van der Waals surface area contributed by atoms with Crippen LogP contribution in [0.3, 0.4) is 0 Å². The van der Waals surface area contributed by atoms with Gasteiger partial charge in [0, 0.05) is 16.7 Å². The SMILES string of the molecule is C=CCSc1ccccc1NC(=O)COc1cccc(F)c1. The number of halogens is 1. The molecule has 2 rings (SSSR count). The average Bonchev–Trinajstić information content (AvgIpc) is 2.52. The summed E-state index contributed by atoms with van der Waals surface area (Å²) in [6.45, 7) is 3.50. The first-order valence-electron chi connectivity index (χ1n) is 6.70. The molecule has 22 heavy (non-hydrogen) atoms. The van der Waals surface area contributed by atoms with Crippen LogP contribution in [0, 0.1) is 5.82 Å². The van der Waals surface area contributed by atoms with E-state index in [1.807, 2.05) is 24.3 Å². The van der Waals surface area contributed by atoms with E-state index in [1.54, 1.807) is 23.9 Å². The highest BCUT2D eigenvalue weighted by Crippen LogP contribution is 2.26. The number of thioether (sulfide) groups is 1. The van der Waals surface area contributed by atoms with Crippen LogP contribution in [-0.4, -0.2) is 18.3 Å². The van der Waals surface area contributed by atoms with Gasteiger partial charge in [-0.05, 0) is 24.3 Å². The maximum Gasteiger partial charge on any atom is 0.262 e. The van der Waals surface area contributed by atoms with Crippen LogP contribution < -0.4 is 10.1 Å². The molecular weight excluding hydrogens is 301 g/mol. The molecule has 0 unspecified atom stereocenters. The van der Waals surface area contributed by atoms with Gasteiger partial charge in [0.15, 0.2) is 6.61 Å². The van der Waals surface area contributed by atoms with E-state index >= 15 is 0 Å². The molecule has 0 aliphatic carbocycles. The molecule has 0 bridgehead atoms. The third kappa shape index (κ3) is 4.93.